The summed E-state index contributed by atoms with van der Waals surface area (Å²) in [4.78, 5) is 29.8. The fourth-order valence-corrected chi connectivity index (χ4v) is 2.59. The van der Waals surface area contributed by atoms with Gasteiger partial charge in [-0.05, 0) is 49.7 Å². The average Bonchev–Trinajstić information content (AvgIpc) is 2.88. The highest BCUT2D eigenvalue weighted by Crippen LogP contribution is 2.16. The maximum atomic E-state index is 13.2. The lowest BCUT2D eigenvalue weighted by Gasteiger charge is -2.07. The van der Waals surface area contributed by atoms with E-state index >= 15 is 0 Å². The molecule has 0 fully saturated rings. The summed E-state index contributed by atoms with van der Waals surface area (Å²) in [6.07, 6.45) is 0. The molecule has 0 saturated carbocycles. The van der Waals surface area contributed by atoms with Crippen molar-refractivity contribution in [3.05, 3.63) is 69.0 Å². The molecule has 0 saturated heterocycles. The van der Waals surface area contributed by atoms with Gasteiger partial charge in [-0.2, -0.15) is 0 Å². The summed E-state index contributed by atoms with van der Waals surface area (Å²) in [5.74, 6) is -0.703. The first-order valence-corrected chi connectivity index (χ1v) is 7.20. The summed E-state index contributed by atoms with van der Waals surface area (Å²) in [5.41, 5.74) is 2.92. The van der Waals surface area contributed by atoms with Crippen LogP contribution in [-0.2, 0) is 6.54 Å². The zero-order valence-electron chi connectivity index (χ0n) is 12.8. The molecule has 0 radical (unpaired) electrons. The van der Waals surface area contributed by atoms with E-state index in [1.165, 1.54) is 12.1 Å². The molecular weight excluding hydrogens is 297 g/mol. The molecule has 0 aliphatic rings. The first-order valence-electron chi connectivity index (χ1n) is 7.20. The number of nitrogens with one attached hydrogen (secondary N) is 3. The van der Waals surface area contributed by atoms with E-state index in [1.54, 1.807) is 19.1 Å². The molecular formula is C17H16FN3O2. The molecule has 0 aliphatic heterocycles. The van der Waals surface area contributed by atoms with Crippen molar-refractivity contribution < 1.29 is 9.18 Å². The molecule has 3 aromatic rings. The van der Waals surface area contributed by atoms with Gasteiger partial charge in [0.1, 0.15) is 11.5 Å². The Kier molecular flexibility index (Phi) is 3.73. The SMILES string of the molecule is Cc1cc(C)c(CNC(=O)c2cc3cc(F)ccc3[nH]2)c(=O)[nH]1. The van der Waals surface area contributed by atoms with Crippen LogP contribution in [0.2, 0.25) is 0 Å². The van der Waals surface area contributed by atoms with E-state index in [-0.39, 0.29) is 23.8 Å². The molecule has 0 spiro atoms. The first kappa shape index (κ1) is 15.0. The minimum absolute atomic E-state index is 0.129. The van der Waals surface area contributed by atoms with Crippen molar-refractivity contribution >= 4 is 16.8 Å². The lowest BCUT2D eigenvalue weighted by atomic mass is 10.1. The zero-order valence-corrected chi connectivity index (χ0v) is 12.8. The summed E-state index contributed by atoms with van der Waals surface area (Å²) >= 11 is 0. The van der Waals surface area contributed by atoms with Crippen LogP contribution >= 0.6 is 0 Å². The topological polar surface area (TPSA) is 77.8 Å². The van der Waals surface area contributed by atoms with Crippen molar-refractivity contribution in [3.8, 4) is 0 Å². The predicted molar refractivity (Wildman–Crippen MR) is 86.0 cm³/mol. The van der Waals surface area contributed by atoms with Crippen LogP contribution in [-0.4, -0.2) is 15.9 Å². The highest BCUT2D eigenvalue weighted by atomic mass is 19.1. The molecule has 0 atom stereocenters. The summed E-state index contributed by atoms with van der Waals surface area (Å²) in [6, 6.07) is 7.71. The largest absolute Gasteiger partial charge is 0.351 e. The minimum atomic E-state index is -0.356. The molecule has 3 N–H and O–H groups in total. The second kappa shape index (κ2) is 5.72. The smallest absolute Gasteiger partial charge is 0.268 e. The van der Waals surface area contributed by atoms with Crippen molar-refractivity contribution in [2.24, 2.45) is 0 Å². The van der Waals surface area contributed by atoms with E-state index in [1.807, 2.05) is 13.0 Å². The molecule has 118 valence electrons. The fourth-order valence-electron chi connectivity index (χ4n) is 2.59. The van der Waals surface area contributed by atoms with Gasteiger partial charge < -0.3 is 15.3 Å². The Morgan fingerprint density at radius 3 is 2.70 bits per heavy atom. The third kappa shape index (κ3) is 3.01. The minimum Gasteiger partial charge on any atom is -0.351 e. The van der Waals surface area contributed by atoms with Crippen LogP contribution in [0.3, 0.4) is 0 Å². The number of amides is 1. The molecule has 0 unspecified atom stereocenters. The van der Waals surface area contributed by atoms with Gasteiger partial charge in [0, 0.05) is 28.7 Å². The van der Waals surface area contributed by atoms with Gasteiger partial charge in [-0.15, -0.1) is 0 Å². The Balaban J connectivity index is 1.80. The lowest BCUT2D eigenvalue weighted by Crippen LogP contribution is -2.28. The van der Waals surface area contributed by atoms with Crippen LogP contribution in [0.5, 0.6) is 0 Å². The monoisotopic (exact) mass is 313 g/mol. The third-order valence-corrected chi connectivity index (χ3v) is 3.75. The van der Waals surface area contributed by atoms with Gasteiger partial charge in [0.15, 0.2) is 0 Å². The molecule has 5 nitrogen and oxygen atoms in total. The number of carbonyl (C=O) groups excluding carboxylic acids is 1. The van der Waals surface area contributed by atoms with Crippen molar-refractivity contribution in [2.45, 2.75) is 20.4 Å². The van der Waals surface area contributed by atoms with Gasteiger partial charge in [-0.25, -0.2) is 4.39 Å². The van der Waals surface area contributed by atoms with Crippen LogP contribution in [0.1, 0.15) is 27.3 Å². The number of hydrogen-bond donors (Lipinski definition) is 3. The van der Waals surface area contributed by atoms with Gasteiger partial charge in [0.05, 0.1) is 0 Å². The van der Waals surface area contributed by atoms with Crippen molar-refractivity contribution in [1.82, 2.24) is 15.3 Å². The normalized spacial score (nSPS) is 10.9. The lowest BCUT2D eigenvalue weighted by molar-refractivity contribution is 0.0946. The average molecular weight is 313 g/mol. The zero-order chi connectivity index (χ0) is 16.6. The first-order chi connectivity index (χ1) is 10.9. The van der Waals surface area contributed by atoms with Gasteiger partial charge in [-0.3, -0.25) is 9.59 Å². The van der Waals surface area contributed by atoms with Crippen molar-refractivity contribution in [3.63, 3.8) is 0 Å². The molecule has 0 aliphatic carbocycles. The number of rotatable bonds is 3. The second-order valence-electron chi connectivity index (χ2n) is 5.54. The standard InChI is InChI=1S/C17H16FN3O2/c1-9-5-10(2)20-16(22)13(9)8-19-17(23)15-7-11-6-12(18)3-4-14(11)21-15/h3-7,21H,8H2,1-2H3,(H,19,23)(H,20,22). The quantitative estimate of drug-likeness (QED) is 0.695. The number of aromatic nitrogens is 2. The summed E-state index contributed by atoms with van der Waals surface area (Å²) in [6.45, 7) is 3.76. The maximum Gasteiger partial charge on any atom is 0.268 e. The highest BCUT2D eigenvalue weighted by Gasteiger charge is 2.12. The van der Waals surface area contributed by atoms with Gasteiger partial charge in [0.25, 0.3) is 11.5 Å². The number of carbonyl (C=O) groups is 1. The number of halogens is 1. The van der Waals surface area contributed by atoms with Crippen LogP contribution in [0.15, 0.2) is 35.1 Å². The Morgan fingerprint density at radius 1 is 1.17 bits per heavy atom. The van der Waals surface area contributed by atoms with E-state index in [4.69, 9.17) is 0 Å². The van der Waals surface area contributed by atoms with Crippen molar-refractivity contribution in [2.75, 3.05) is 0 Å². The van der Waals surface area contributed by atoms with E-state index < -0.39 is 0 Å². The van der Waals surface area contributed by atoms with Crippen LogP contribution in [0.4, 0.5) is 4.39 Å². The number of H-pyrrole nitrogens is 2. The van der Waals surface area contributed by atoms with Crippen LogP contribution in [0.25, 0.3) is 10.9 Å². The molecule has 6 heteroatoms. The van der Waals surface area contributed by atoms with E-state index in [9.17, 15) is 14.0 Å². The Bertz CT molecular complexity index is 956. The van der Waals surface area contributed by atoms with Crippen LogP contribution in [0, 0.1) is 19.7 Å². The Hall–Kier alpha value is -2.89. The van der Waals surface area contributed by atoms with Gasteiger partial charge in [-0.1, -0.05) is 0 Å². The molecule has 0 bridgehead atoms. The third-order valence-electron chi connectivity index (χ3n) is 3.75. The maximum absolute atomic E-state index is 13.2. The number of hydrogen-bond acceptors (Lipinski definition) is 2. The predicted octanol–water partition coefficient (Wildman–Crippen LogP) is 2.54. The number of aromatic amines is 2. The second-order valence-corrected chi connectivity index (χ2v) is 5.54. The summed E-state index contributed by atoms with van der Waals surface area (Å²) in [5, 5.41) is 3.33. The molecule has 3 rings (SSSR count). The highest BCUT2D eigenvalue weighted by molar-refractivity contribution is 5.97. The van der Waals surface area contributed by atoms with Crippen molar-refractivity contribution in [1.29, 1.82) is 0 Å². The fraction of sp³-hybridized carbons (Fsp3) is 0.176. The number of pyridine rings is 1. The van der Waals surface area contributed by atoms with E-state index in [0.717, 1.165) is 11.3 Å². The molecule has 2 aromatic heterocycles. The number of benzene rings is 1. The molecule has 1 amide bonds. The number of fused-ring (bicyclic) bond motifs is 1. The Morgan fingerprint density at radius 2 is 1.96 bits per heavy atom. The van der Waals surface area contributed by atoms with E-state index in [0.29, 0.717) is 22.2 Å². The molecule has 1 aromatic carbocycles. The molecule has 2 heterocycles. The van der Waals surface area contributed by atoms with Gasteiger partial charge >= 0.3 is 0 Å². The van der Waals surface area contributed by atoms with E-state index in [2.05, 4.69) is 15.3 Å². The Labute approximate surface area is 131 Å². The van der Waals surface area contributed by atoms with Crippen LogP contribution < -0.4 is 10.9 Å². The summed E-state index contributed by atoms with van der Waals surface area (Å²) in [7, 11) is 0. The summed E-state index contributed by atoms with van der Waals surface area (Å²) < 4.78 is 13.2. The molecule has 23 heavy (non-hydrogen) atoms. The van der Waals surface area contributed by atoms with Gasteiger partial charge in [0.2, 0.25) is 0 Å². The number of aryl methyl sites for hydroxylation is 2.